The molecular formula is C17H14N2O2. The van der Waals surface area contributed by atoms with Gasteiger partial charge in [0.2, 0.25) is 0 Å². The summed E-state index contributed by atoms with van der Waals surface area (Å²) < 4.78 is 0. The zero-order valence-electron chi connectivity index (χ0n) is 11.3. The molecule has 1 aromatic heterocycles. The van der Waals surface area contributed by atoms with Gasteiger partial charge in [-0.2, -0.15) is 0 Å². The minimum atomic E-state index is -0.912. The first kappa shape index (κ1) is 13.1. The summed E-state index contributed by atoms with van der Waals surface area (Å²) in [5.41, 5.74) is 1.30. The maximum atomic E-state index is 10.8. The Kier molecular flexibility index (Phi) is 3.51. The highest BCUT2D eigenvalue weighted by molar-refractivity contribution is 5.91. The molecule has 0 bridgehead atoms. The lowest BCUT2D eigenvalue weighted by molar-refractivity contribution is 0.0697. The van der Waals surface area contributed by atoms with Crippen molar-refractivity contribution >= 4 is 22.6 Å². The standard InChI is InChI=1S/C17H14N2O2/c20-17(21)14-7-5-12(6-8-14)11-19-16-15-4-2-1-3-13(15)9-10-18-16/h1-10H,11H2,(H,18,19)(H,20,21). The third-order valence-electron chi connectivity index (χ3n) is 3.33. The third kappa shape index (κ3) is 2.84. The Morgan fingerprint density at radius 2 is 1.81 bits per heavy atom. The molecule has 0 aliphatic rings. The number of nitrogens with one attached hydrogen (secondary N) is 1. The molecule has 1 heterocycles. The van der Waals surface area contributed by atoms with E-state index in [0.717, 1.165) is 22.2 Å². The Hall–Kier alpha value is -2.88. The SMILES string of the molecule is O=C(O)c1ccc(CNc2nccc3ccccc23)cc1. The van der Waals surface area contributed by atoms with Gasteiger partial charge < -0.3 is 10.4 Å². The van der Waals surface area contributed by atoms with Crippen molar-refractivity contribution in [2.75, 3.05) is 5.32 Å². The van der Waals surface area contributed by atoms with Crippen molar-refractivity contribution in [1.82, 2.24) is 4.98 Å². The number of benzene rings is 2. The van der Waals surface area contributed by atoms with Crippen LogP contribution in [-0.4, -0.2) is 16.1 Å². The molecule has 21 heavy (non-hydrogen) atoms. The van der Waals surface area contributed by atoms with Crippen molar-refractivity contribution in [1.29, 1.82) is 0 Å². The van der Waals surface area contributed by atoms with Gasteiger partial charge in [-0.3, -0.25) is 0 Å². The number of rotatable bonds is 4. The summed E-state index contributed by atoms with van der Waals surface area (Å²) in [7, 11) is 0. The van der Waals surface area contributed by atoms with Crippen molar-refractivity contribution in [2.24, 2.45) is 0 Å². The van der Waals surface area contributed by atoms with Gasteiger partial charge in [0.25, 0.3) is 0 Å². The van der Waals surface area contributed by atoms with E-state index in [0.29, 0.717) is 12.1 Å². The number of hydrogen-bond donors (Lipinski definition) is 2. The molecule has 0 unspecified atom stereocenters. The lowest BCUT2D eigenvalue weighted by Gasteiger charge is -2.09. The maximum Gasteiger partial charge on any atom is 0.335 e. The predicted molar refractivity (Wildman–Crippen MR) is 82.5 cm³/mol. The number of aromatic nitrogens is 1. The second kappa shape index (κ2) is 5.63. The van der Waals surface area contributed by atoms with Gasteiger partial charge in [-0.1, -0.05) is 36.4 Å². The summed E-state index contributed by atoms with van der Waals surface area (Å²) in [5.74, 6) is -0.0827. The van der Waals surface area contributed by atoms with Crippen molar-refractivity contribution in [2.45, 2.75) is 6.54 Å². The van der Waals surface area contributed by atoms with Crippen molar-refractivity contribution in [3.8, 4) is 0 Å². The predicted octanol–water partition coefficient (Wildman–Crippen LogP) is 3.55. The monoisotopic (exact) mass is 278 g/mol. The van der Waals surface area contributed by atoms with E-state index < -0.39 is 5.97 Å². The van der Waals surface area contributed by atoms with Crippen molar-refractivity contribution < 1.29 is 9.90 Å². The number of hydrogen-bond acceptors (Lipinski definition) is 3. The van der Waals surface area contributed by atoms with E-state index in [1.165, 1.54) is 0 Å². The van der Waals surface area contributed by atoms with Crippen LogP contribution in [0.3, 0.4) is 0 Å². The molecule has 2 aromatic carbocycles. The first-order valence-corrected chi connectivity index (χ1v) is 6.64. The number of carboxylic acid groups (broad SMARTS) is 1. The first-order valence-electron chi connectivity index (χ1n) is 6.64. The fourth-order valence-corrected chi connectivity index (χ4v) is 2.21. The number of anilines is 1. The molecule has 0 saturated carbocycles. The van der Waals surface area contributed by atoms with Gasteiger partial charge >= 0.3 is 5.97 Å². The number of nitrogens with zero attached hydrogens (tertiary/aromatic N) is 1. The van der Waals surface area contributed by atoms with Crippen LogP contribution in [0.25, 0.3) is 10.8 Å². The number of carboxylic acids is 1. The van der Waals surface area contributed by atoms with E-state index >= 15 is 0 Å². The Bertz CT molecular complexity index is 777. The van der Waals surface area contributed by atoms with Gasteiger partial charge in [-0.25, -0.2) is 9.78 Å². The minimum Gasteiger partial charge on any atom is -0.478 e. The normalized spacial score (nSPS) is 10.5. The summed E-state index contributed by atoms with van der Waals surface area (Å²) in [6, 6.07) is 16.9. The Morgan fingerprint density at radius 3 is 2.57 bits per heavy atom. The molecule has 0 saturated heterocycles. The smallest absolute Gasteiger partial charge is 0.335 e. The van der Waals surface area contributed by atoms with Crippen LogP contribution >= 0.6 is 0 Å². The van der Waals surface area contributed by atoms with E-state index in [1.807, 2.05) is 42.5 Å². The molecule has 2 N–H and O–H groups in total. The summed E-state index contributed by atoms with van der Waals surface area (Å²) >= 11 is 0. The summed E-state index contributed by atoms with van der Waals surface area (Å²) in [6.07, 6.45) is 1.78. The maximum absolute atomic E-state index is 10.8. The molecule has 4 heteroatoms. The van der Waals surface area contributed by atoms with Crippen LogP contribution in [0.4, 0.5) is 5.82 Å². The topological polar surface area (TPSA) is 62.2 Å². The molecule has 4 nitrogen and oxygen atoms in total. The van der Waals surface area contributed by atoms with Gasteiger partial charge in [0.05, 0.1) is 5.56 Å². The van der Waals surface area contributed by atoms with Crippen molar-refractivity contribution in [3.05, 3.63) is 71.9 Å². The number of carbonyl (C=O) groups is 1. The number of pyridine rings is 1. The van der Waals surface area contributed by atoms with Gasteiger partial charge in [0.15, 0.2) is 0 Å². The lowest BCUT2D eigenvalue weighted by atomic mass is 10.1. The molecule has 0 spiro atoms. The highest BCUT2D eigenvalue weighted by Gasteiger charge is 2.03. The van der Waals surface area contributed by atoms with E-state index in [2.05, 4.69) is 10.3 Å². The molecule has 3 aromatic rings. The molecule has 3 rings (SSSR count). The fraction of sp³-hybridized carbons (Fsp3) is 0.0588. The molecule has 0 aliphatic carbocycles. The average molecular weight is 278 g/mol. The Morgan fingerprint density at radius 1 is 1.05 bits per heavy atom. The average Bonchev–Trinajstić information content (AvgIpc) is 2.53. The third-order valence-corrected chi connectivity index (χ3v) is 3.33. The largest absolute Gasteiger partial charge is 0.478 e. The molecule has 0 fully saturated rings. The quantitative estimate of drug-likeness (QED) is 0.766. The molecule has 0 radical (unpaired) electrons. The van der Waals surface area contributed by atoms with E-state index in [-0.39, 0.29) is 0 Å². The molecule has 104 valence electrons. The van der Waals surface area contributed by atoms with Gasteiger partial charge in [-0.05, 0) is 29.1 Å². The minimum absolute atomic E-state index is 0.294. The van der Waals surface area contributed by atoms with Gasteiger partial charge in [-0.15, -0.1) is 0 Å². The van der Waals surface area contributed by atoms with Crippen molar-refractivity contribution in [3.63, 3.8) is 0 Å². The van der Waals surface area contributed by atoms with Gasteiger partial charge in [0, 0.05) is 18.1 Å². The van der Waals surface area contributed by atoms with E-state index in [1.54, 1.807) is 18.3 Å². The van der Waals surface area contributed by atoms with E-state index in [9.17, 15) is 4.79 Å². The molecule has 0 amide bonds. The van der Waals surface area contributed by atoms with Crippen LogP contribution in [0.1, 0.15) is 15.9 Å². The molecule has 0 aliphatic heterocycles. The van der Waals surface area contributed by atoms with Crippen LogP contribution in [-0.2, 0) is 6.54 Å². The zero-order valence-corrected chi connectivity index (χ0v) is 11.3. The summed E-state index contributed by atoms with van der Waals surface area (Å²) in [4.78, 5) is 15.2. The highest BCUT2D eigenvalue weighted by atomic mass is 16.4. The fourth-order valence-electron chi connectivity index (χ4n) is 2.21. The van der Waals surface area contributed by atoms with Crippen LogP contribution in [0, 0.1) is 0 Å². The second-order valence-corrected chi connectivity index (χ2v) is 4.74. The van der Waals surface area contributed by atoms with Crippen LogP contribution in [0.15, 0.2) is 60.8 Å². The lowest BCUT2D eigenvalue weighted by Crippen LogP contribution is -2.03. The van der Waals surface area contributed by atoms with Gasteiger partial charge in [0.1, 0.15) is 5.82 Å². The second-order valence-electron chi connectivity index (χ2n) is 4.74. The Balaban J connectivity index is 1.79. The highest BCUT2D eigenvalue weighted by Crippen LogP contribution is 2.20. The Labute approximate surface area is 122 Å². The molecular weight excluding hydrogens is 264 g/mol. The zero-order chi connectivity index (χ0) is 14.7. The van der Waals surface area contributed by atoms with E-state index in [4.69, 9.17) is 5.11 Å². The van der Waals surface area contributed by atoms with Crippen LogP contribution < -0.4 is 5.32 Å². The summed E-state index contributed by atoms with van der Waals surface area (Å²) in [5, 5.41) is 14.4. The number of aromatic carboxylic acids is 1. The van der Waals surface area contributed by atoms with Crippen LogP contribution in [0.2, 0.25) is 0 Å². The van der Waals surface area contributed by atoms with Crippen LogP contribution in [0.5, 0.6) is 0 Å². The molecule has 0 atom stereocenters. The number of fused-ring (bicyclic) bond motifs is 1. The summed E-state index contributed by atoms with van der Waals surface area (Å²) in [6.45, 7) is 0.598. The first-order chi connectivity index (χ1) is 10.2.